The highest BCUT2D eigenvalue weighted by Crippen LogP contribution is 2.38. The van der Waals surface area contributed by atoms with Gasteiger partial charge in [0.1, 0.15) is 22.6 Å². The smallest absolute Gasteiger partial charge is 0.461 e. The lowest BCUT2D eigenvalue weighted by Gasteiger charge is -2.17. The van der Waals surface area contributed by atoms with Gasteiger partial charge < -0.3 is 9.47 Å². The largest absolute Gasteiger partial charge is 0.503 e. The molecule has 0 spiro atoms. The third-order valence-corrected chi connectivity index (χ3v) is 2.43. The lowest BCUT2D eigenvalue weighted by Crippen LogP contribution is -2.44. The number of methoxy groups -OCH3 is 1. The van der Waals surface area contributed by atoms with E-state index in [1.807, 2.05) is 0 Å². The Morgan fingerprint density at radius 2 is 1.31 bits per heavy atom. The molecule has 14 heteroatoms. The number of hydrogen-bond acceptors (Lipinski definition) is 4. The Labute approximate surface area is 151 Å². The lowest BCUT2D eigenvalue weighted by molar-refractivity contribution is -0.266. The second kappa shape index (κ2) is 10.6. The van der Waals surface area contributed by atoms with Crippen LogP contribution in [0.25, 0.3) is 0 Å². The first-order chi connectivity index (χ1) is 11.5. The molecule has 0 rings (SSSR count). The molecule has 4 nitrogen and oxygen atoms in total. The Morgan fingerprint density at radius 3 is 1.62 bits per heavy atom. The van der Waals surface area contributed by atoms with Gasteiger partial charge in [-0.1, -0.05) is 23.2 Å². The summed E-state index contributed by atoms with van der Waals surface area (Å²) >= 11 is 9.79. The van der Waals surface area contributed by atoms with Crippen LogP contribution in [-0.4, -0.2) is 43.6 Å². The normalized spacial score (nSPS) is 13.5. The molecule has 0 N–H and O–H groups in total. The molecule has 152 valence electrons. The van der Waals surface area contributed by atoms with Crippen LogP contribution < -0.4 is 0 Å². The highest BCUT2D eigenvalue weighted by Gasteiger charge is 2.63. The summed E-state index contributed by atoms with van der Waals surface area (Å²) in [5, 5.41) is -2.29. The summed E-state index contributed by atoms with van der Waals surface area (Å²) in [6, 6.07) is 0. The molecular formula is C12H10Cl2F8O4. The van der Waals surface area contributed by atoms with Crippen molar-refractivity contribution in [2.45, 2.75) is 25.2 Å². The number of hydrogen-bond donors (Lipinski definition) is 0. The quantitative estimate of drug-likeness (QED) is 0.341. The summed E-state index contributed by atoms with van der Waals surface area (Å²) in [5.74, 6) is -10.1. The molecule has 0 aromatic rings. The molecule has 0 atom stereocenters. The van der Waals surface area contributed by atoms with Gasteiger partial charge >= 0.3 is 18.3 Å². The standard InChI is InChI=1S/C7H6ClF5O2.C5H4ClF3O2/c1-2-15-3-4(8)5(14)6(9,10)7(11,12)13;1-11-2-3(6)4(10)5(7,8)9/h3H,2H2,1H3;2H,1H3. The fraction of sp³-hybridized carbons (Fsp3) is 0.500. The monoisotopic (exact) mass is 440 g/mol. The summed E-state index contributed by atoms with van der Waals surface area (Å²) in [4.78, 5) is 20.7. The molecule has 0 aliphatic carbocycles. The SMILES string of the molecule is CCOC=C(Cl)C(=O)C(F)(F)C(F)(F)F.COC=C(Cl)C(=O)C(F)(F)F. The van der Waals surface area contributed by atoms with Crippen molar-refractivity contribution < 1.29 is 54.2 Å². The van der Waals surface area contributed by atoms with E-state index in [0.717, 1.165) is 7.11 Å². The minimum atomic E-state index is -5.97. The number of ketones is 2. The molecule has 0 fully saturated rings. The molecular weight excluding hydrogens is 431 g/mol. The van der Waals surface area contributed by atoms with Crippen molar-refractivity contribution in [3.63, 3.8) is 0 Å². The Bertz CT molecular complexity index is 552. The predicted molar refractivity (Wildman–Crippen MR) is 73.6 cm³/mol. The molecule has 0 bridgehead atoms. The zero-order valence-electron chi connectivity index (χ0n) is 12.8. The molecule has 0 unspecified atom stereocenters. The molecule has 0 heterocycles. The van der Waals surface area contributed by atoms with E-state index in [-0.39, 0.29) is 6.61 Å². The fourth-order valence-electron chi connectivity index (χ4n) is 0.781. The van der Waals surface area contributed by atoms with Gasteiger partial charge in [-0.15, -0.1) is 0 Å². The summed E-state index contributed by atoms with van der Waals surface area (Å²) < 4.78 is 103. The zero-order valence-corrected chi connectivity index (χ0v) is 14.3. The Morgan fingerprint density at radius 1 is 0.885 bits per heavy atom. The van der Waals surface area contributed by atoms with Crippen molar-refractivity contribution >= 4 is 34.8 Å². The van der Waals surface area contributed by atoms with Gasteiger partial charge in [-0.3, -0.25) is 9.59 Å². The summed E-state index contributed by atoms with van der Waals surface area (Å²) in [6.45, 7) is 1.42. The van der Waals surface area contributed by atoms with Crippen molar-refractivity contribution in [1.82, 2.24) is 0 Å². The van der Waals surface area contributed by atoms with Gasteiger partial charge in [-0.2, -0.15) is 35.1 Å². The number of allylic oxidation sites excluding steroid dienone is 2. The van der Waals surface area contributed by atoms with Crippen LogP contribution in [0.15, 0.2) is 22.6 Å². The van der Waals surface area contributed by atoms with Crippen molar-refractivity contribution in [3.8, 4) is 0 Å². The van der Waals surface area contributed by atoms with Crippen molar-refractivity contribution in [2.75, 3.05) is 13.7 Å². The van der Waals surface area contributed by atoms with Gasteiger partial charge in [0.15, 0.2) is 0 Å². The number of rotatable bonds is 6. The average molecular weight is 441 g/mol. The minimum absolute atomic E-state index is 0.0128. The van der Waals surface area contributed by atoms with E-state index in [0.29, 0.717) is 12.5 Å². The van der Waals surface area contributed by atoms with Crippen LogP contribution in [0.1, 0.15) is 6.92 Å². The van der Waals surface area contributed by atoms with Crippen molar-refractivity contribution in [3.05, 3.63) is 22.6 Å². The molecule has 0 saturated heterocycles. The maximum absolute atomic E-state index is 12.3. The van der Waals surface area contributed by atoms with Crippen LogP contribution in [0.2, 0.25) is 0 Å². The van der Waals surface area contributed by atoms with Gasteiger partial charge in [0.05, 0.1) is 13.7 Å². The first-order valence-electron chi connectivity index (χ1n) is 6.00. The predicted octanol–water partition coefficient (Wildman–Crippen LogP) is 4.71. The van der Waals surface area contributed by atoms with Gasteiger partial charge in [0.2, 0.25) is 0 Å². The van der Waals surface area contributed by atoms with Crippen LogP contribution in [0.5, 0.6) is 0 Å². The van der Waals surface area contributed by atoms with E-state index in [9.17, 15) is 44.7 Å². The van der Waals surface area contributed by atoms with E-state index in [2.05, 4.69) is 9.47 Å². The van der Waals surface area contributed by atoms with Crippen LogP contribution in [0.3, 0.4) is 0 Å². The van der Waals surface area contributed by atoms with Gasteiger partial charge in [-0.05, 0) is 6.92 Å². The zero-order chi connectivity index (χ0) is 21.3. The Kier molecular flexibility index (Phi) is 10.8. The summed E-state index contributed by atoms with van der Waals surface area (Å²) in [7, 11) is 1.09. The molecule has 26 heavy (non-hydrogen) atoms. The molecule has 0 aliphatic heterocycles. The number of carbonyl (C=O) groups excluding carboxylic acids is 2. The first kappa shape index (κ1) is 26.7. The van der Waals surface area contributed by atoms with Gasteiger partial charge in [-0.25, -0.2) is 0 Å². The second-order valence-electron chi connectivity index (χ2n) is 3.85. The number of carbonyl (C=O) groups is 2. The number of ether oxygens (including phenoxy) is 2. The summed E-state index contributed by atoms with van der Waals surface area (Å²) in [5.41, 5.74) is 0. The number of Topliss-reactive ketones (excluding diaryl/α,β-unsaturated/α-hetero) is 2. The first-order valence-corrected chi connectivity index (χ1v) is 6.76. The van der Waals surface area contributed by atoms with E-state index in [1.165, 1.54) is 6.92 Å². The van der Waals surface area contributed by atoms with Crippen molar-refractivity contribution in [2.24, 2.45) is 0 Å². The maximum Gasteiger partial charge on any atom is 0.461 e. The van der Waals surface area contributed by atoms with Crippen LogP contribution >= 0.6 is 23.2 Å². The highest BCUT2D eigenvalue weighted by molar-refractivity contribution is 6.43. The van der Waals surface area contributed by atoms with Crippen LogP contribution in [0, 0.1) is 0 Å². The van der Waals surface area contributed by atoms with E-state index in [4.69, 9.17) is 23.2 Å². The molecule has 0 radical (unpaired) electrons. The lowest BCUT2D eigenvalue weighted by atomic mass is 10.2. The summed E-state index contributed by atoms with van der Waals surface area (Å²) in [6.07, 6.45) is -10.0. The van der Waals surface area contributed by atoms with Crippen molar-refractivity contribution in [1.29, 1.82) is 0 Å². The molecule has 0 aromatic carbocycles. The molecule has 0 saturated carbocycles. The Balaban J connectivity index is 0. The van der Waals surface area contributed by atoms with Crippen LogP contribution in [-0.2, 0) is 19.1 Å². The number of halogens is 10. The third-order valence-electron chi connectivity index (χ3n) is 1.91. The maximum atomic E-state index is 12.3. The van der Waals surface area contributed by atoms with Crippen LogP contribution in [0.4, 0.5) is 35.1 Å². The minimum Gasteiger partial charge on any atom is -0.503 e. The topological polar surface area (TPSA) is 52.6 Å². The van der Waals surface area contributed by atoms with E-state index < -0.39 is 39.9 Å². The number of alkyl halides is 8. The highest BCUT2D eigenvalue weighted by atomic mass is 35.5. The van der Waals surface area contributed by atoms with Gasteiger partial charge in [0, 0.05) is 0 Å². The van der Waals surface area contributed by atoms with Gasteiger partial charge in [0.25, 0.3) is 11.6 Å². The average Bonchev–Trinajstić information content (AvgIpc) is 2.49. The van der Waals surface area contributed by atoms with E-state index in [1.54, 1.807) is 0 Å². The Hall–Kier alpha value is -1.56. The van der Waals surface area contributed by atoms with E-state index >= 15 is 0 Å². The molecule has 0 aliphatic rings. The second-order valence-corrected chi connectivity index (χ2v) is 4.67. The molecule has 0 amide bonds. The molecule has 0 aromatic heterocycles. The third kappa shape index (κ3) is 8.70. The fourth-order valence-corrected chi connectivity index (χ4v) is 1.16.